The first-order chi connectivity index (χ1) is 13.1. The molecule has 0 amide bonds. The van der Waals surface area contributed by atoms with Crippen LogP contribution in [-0.2, 0) is 0 Å². The van der Waals surface area contributed by atoms with Crippen molar-refractivity contribution in [2.24, 2.45) is 5.92 Å². The largest absolute Gasteiger partial charge is 0.303 e. The molecular formula is C26H27N. The van der Waals surface area contributed by atoms with Gasteiger partial charge < -0.3 is 5.32 Å². The predicted molar refractivity (Wildman–Crippen MR) is 117 cm³/mol. The highest BCUT2D eigenvalue weighted by Crippen LogP contribution is 2.30. The Morgan fingerprint density at radius 1 is 0.630 bits per heavy atom. The summed E-state index contributed by atoms with van der Waals surface area (Å²) in [5.74, 6) is 0.503. The molecule has 0 saturated carbocycles. The zero-order chi connectivity index (χ0) is 18.8. The maximum absolute atomic E-state index is 3.91. The van der Waals surface area contributed by atoms with Gasteiger partial charge in [0, 0.05) is 12.1 Å². The van der Waals surface area contributed by atoms with Gasteiger partial charge in [0.25, 0.3) is 0 Å². The SMILES string of the molecule is CC(C)[C@H](N[C@H](C)c1cccc2ccccc12)c1ccc2ccccc2c1. The van der Waals surface area contributed by atoms with E-state index >= 15 is 0 Å². The molecule has 1 heteroatoms. The lowest BCUT2D eigenvalue weighted by Gasteiger charge is -2.28. The van der Waals surface area contributed by atoms with Gasteiger partial charge in [0.15, 0.2) is 0 Å². The third-order valence-corrected chi connectivity index (χ3v) is 5.52. The molecule has 0 aliphatic rings. The topological polar surface area (TPSA) is 12.0 Å². The Balaban J connectivity index is 1.68. The minimum absolute atomic E-state index is 0.273. The number of hydrogen-bond donors (Lipinski definition) is 1. The zero-order valence-corrected chi connectivity index (χ0v) is 16.3. The van der Waals surface area contributed by atoms with Gasteiger partial charge in [0.1, 0.15) is 0 Å². The first-order valence-corrected chi connectivity index (χ1v) is 9.86. The van der Waals surface area contributed by atoms with Crippen molar-refractivity contribution >= 4 is 21.5 Å². The van der Waals surface area contributed by atoms with Crippen molar-refractivity contribution in [1.82, 2.24) is 5.32 Å². The van der Waals surface area contributed by atoms with Gasteiger partial charge in [0.05, 0.1) is 0 Å². The van der Waals surface area contributed by atoms with Crippen LogP contribution in [0, 0.1) is 5.92 Å². The minimum Gasteiger partial charge on any atom is -0.303 e. The average molecular weight is 354 g/mol. The molecule has 0 aliphatic heterocycles. The van der Waals surface area contributed by atoms with Crippen molar-refractivity contribution in [3.05, 3.63) is 96.1 Å². The maximum Gasteiger partial charge on any atom is 0.0348 e. The minimum atomic E-state index is 0.273. The molecule has 0 bridgehead atoms. The molecular weight excluding hydrogens is 326 g/mol. The second-order valence-electron chi connectivity index (χ2n) is 7.79. The number of hydrogen-bond acceptors (Lipinski definition) is 1. The molecule has 136 valence electrons. The molecule has 0 spiro atoms. The smallest absolute Gasteiger partial charge is 0.0348 e. The normalized spacial score (nSPS) is 13.9. The molecule has 2 atom stereocenters. The molecule has 0 aliphatic carbocycles. The third-order valence-electron chi connectivity index (χ3n) is 5.52. The van der Waals surface area contributed by atoms with E-state index < -0.39 is 0 Å². The summed E-state index contributed by atoms with van der Waals surface area (Å²) in [5, 5.41) is 9.14. The van der Waals surface area contributed by atoms with E-state index in [-0.39, 0.29) is 6.04 Å². The molecule has 1 N–H and O–H groups in total. The van der Waals surface area contributed by atoms with Gasteiger partial charge in [-0.2, -0.15) is 0 Å². The van der Waals surface area contributed by atoms with Gasteiger partial charge in [-0.05, 0) is 51.6 Å². The third kappa shape index (κ3) is 3.61. The Bertz CT molecular complexity index is 1060. The standard InChI is InChI=1S/C26H27N/c1-18(2)26(23-16-15-20-9-4-5-11-22(20)17-23)27-19(3)24-14-8-12-21-10-6-7-13-25(21)24/h4-19,26-27H,1-3H3/t19-,26+/m1/s1. The number of rotatable bonds is 5. The number of fused-ring (bicyclic) bond motifs is 2. The molecule has 27 heavy (non-hydrogen) atoms. The lowest BCUT2D eigenvalue weighted by Crippen LogP contribution is -2.28. The molecule has 0 heterocycles. The predicted octanol–water partition coefficient (Wildman–Crippen LogP) is 7.04. The average Bonchev–Trinajstić information content (AvgIpc) is 2.70. The summed E-state index contributed by atoms with van der Waals surface area (Å²) in [5.41, 5.74) is 2.72. The Kier molecular flexibility index (Phi) is 4.96. The first-order valence-electron chi connectivity index (χ1n) is 9.86. The van der Waals surface area contributed by atoms with Crippen LogP contribution in [0.5, 0.6) is 0 Å². The summed E-state index contributed by atoms with van der Waals surface area (Å²) in [6.07, 6.45) is 0. The van der Waals surface area contributed by atoms with Crippen molar-refractivity contribution in [2.45, 2.75) is 32.9 Å². The van der Waals surface area contributed by atoms with Crippen LogP contribution in [0.15, 0.2) is 84.9 Å². The van der Waals surface area contributed by atoms with Gasteiger partial charge in [-0.3, -0.25) is 0 Å². The van der Waals surface area contributed by atoms with E-state index in [1.165, 1.54) is 32.7 Å². The number of benzene rings is 4. The summed E-state index contributed by atoms with van der Waals surface area (Å²) in [4.78, 5) is 0. The van der Waals surface area contributed by atoms with Crippen molar-refractivity contribution in [1.29, 1.82) is 0 Å². The van der Waals surface area contributed by atoms with Crippen molar-refractivity contribution < 1.29 is 0 Å². The molecule has 4 aromatic rings. The Morgan fingerprint density at radius 3 is 2.07 bits per heavy atom. The molecule has 4 rings (SSSR count). The van der Waals surface area contributed by atoms with E-state index in [9.17, 15) is 0 Å². The maximum atomic E-state index is 3.91. The molecule has 0 aromatic heterocycles. The summed E-state index contributed by atoms with van der Waals surface area (Å²) in [6.45, 7) is 6.86. The fourth-order valence-electron chi connectivity index (χ4n) is 4.06. The van der Waals surface area contributed by atoms with E-state index in [1.54, 1.807) is 0 Å². The summed E-state index contributed by atoms with van der Waals surface area (Å²) >= 11 is 0. The van der Waals surface area contributed by atoms with Crippen LogP contribution < -0.4 is 5.32 Å². The summed E-state index contributed by atoms with van der Waals surface area (Å²) in [6, 6.07) is 31.3. The van der Waals surface area contributed by atoms with Crippen LogP contribution in [0.1, 0.15) is 44.0 Å². The van der Waals surface area contributed by atoms with Gasteiger partial charge in [0.2, 0.25) is 0 Å². The Morgan fingerprint density at radius 2 is 1.30 bits per heavy atom. The van der Waals surface area contributed by atoms with Crippen LogP contribution in [-0.4, -0.2) is 0 Å². The van der Waals surface area contributed by atoms with Crippen LogP contribution >= 0.6 is 0 Å². The zero-order valence-electron chi connectivity index (χ0n) is 16.3. The van der Waals surface area contributed by atoms with E-state index in [4.69, 9.17) is 0 Å². The van der Waals surface area contributed by atoms with Crippen molar-refractivity contribution in [3.8, 4) is 0 Å². The molecule has 1 nitrogen and oxygen atoms in total. The fourth-order valence-corrected chi connectivity index (χ4v) is 4.06. The Hall–Kier alpha value is -2.64. The van der Waals surface area contributed by atoms with E-state index in [1.807, 2.05) is 0 Å². The lowest BCUT2D eigenvalue weighted by molar-refractivity contribution is 0.375. The molecule has 0 unspecified atom stereocenters. The number of nitrogens with one attached hydrogen (secondary N) is 1. The second kappa shape index (κ2) is 7.54. The fraction of sp³-hybridized carbons (Fsp3) is 0.231. The van der Waals surface area contributed by atoms with Crippen LogP contribution in [0.25, 0.3) is 21.5 Å². The Labute approximate surface area is 162 Å². The van der Waals surface area contributed by atoms with Crippen LogP contribution in [0.4, 0.5) is 0 Å². The highest BCUT2D eigenvalue weighted by atomic mass is 15.0. The lowest BCUT2D eigenvalue weighted by atomic mass is 9.92. The molecule has 0 radical (unpaired) electrons. The van der Waals surface area contributed by atoms with E-state index in [2.05, 4.69) is 111 Å². The van der Waals surface area contributed by atoms with Gasteiger partial charge in [-0.25, -0.2) is 0 Å². The second-order valence-corrected chi connectivity index (χ2v) is 7.79. The highest BCUT2D eigenvalue weighted by Gasteiger charge is 2.20. The summed E-state index contributed by atoms with van der Waals surface area (Å²) in [7, 11) is 0. The van der Waals surface area contributed by atoms with Crippen LogP contribution in [0.2, 0.25) is 0 Å². The van der Waals surface area contributed by atoms with Gasteiger partial charge in [-0.1, -0.05) is 92.7 Å². The quantitative estimate of drug-likeness (QED) is 0.406. The highest BCUT2D eigenvalue weighted by molar-refractivity contribution is 5.86. The molecule has 0 saturated heterocycles. The van der Waals surface area contributed by atoms with E-state index in [0.717, 1.165) is 0 Å². The first kappa shape index (κ1) is 17.8. The monoisotopic (exact) mass is 353 g/mol. The van der Waals surface area contributed by atoms with Gasteiger partial charge in [-0.15, -0.1) is 0 Å². The van der Waals surface area contributed by atoms with E-state index in [0.29, 0.717) is 12.0 Å². The van der Waals surface area contributed by atoms with Crippen LogP contribution in [0.3, 0.4) is 0 Å². The molecule has 4 aromatic carbocycles. The van der Waals surface area contributed by atoms with Crippen molar-refractivity contribution in [3.63, 3.8) is 0 Å². The summed E-state index contributed by atoms with van der Waals surface area (Å²) < 4.78 is 0. The van der Waals surface area contributed by atoms with Gasteiger partial charge >= 0.3 is 0 Å². The van der Waals surface area contributed by atoms with Crippen molar-refractivity contribution in [2.75, 3.05) is 0 Å². The molecule has 0 fully saturated rings.